The topological polar surface area (TPSA) is 96.9 Å². The van der Waals surface area contributed by atoms with Crippen LogP contribution >= 0.6 is 0 Å². The highest BCUT2D eigenvalue weighted by Gasteiger charge is 2.23. The highest BCUT2D eigenvalue weighted by Crippen LogP contribution is 2.37. The van der Waals surface area contributed by atoms with E-state index in [2.05, 4.69) is 25.1 Å². The monoisotopic (exact) mass is 383 g/mol. The smallest absolute Gasteiger partial charge is 0.238 e. The summed E-state index contributed by atoms with van der Waals surface area (Å²) in [5, 5.41) is 2.84. The molecule has 4 rings (SSSR count). The zero-order valence-electron chi connectivity index (χ0n) is 15.6. The van der Waals surface area contributed by atoms with E-state index in [1.165, 1.54) is 6.92 Å². The lowest BCUT2D eigenvalue weighted by molar-refractivity contribution is -0.117. The molecule has 2 aliphatic rings. The van der Waals surface area contributed by atoms with Crippen LogP contribution in [0.1, 0.15) is 17.3 Å². The Morgan fingerprint density at radius 3 is 2.43 bits per heavy atom. The van der Waals surface area contributed by atoms with Gasteiger partial charge in [0.2, 0.25) is 18.6 Å². The van der Waals surface area contributed by atoms with Crippen molar-refractivity contribution >= 4 is 23.3 Å². The molecule has 9 nitrogen and oxygen atoms in total. The first-order valence-electron chi connectivity index (χ1n) is 9.09. The van der Waals surface area contributed by atoms with E-state index in [-0.39, 0.29) is 25.0 Å². The molecule has 2 aliphatic heterocycles. The molecule has 146 valence electrons. The average molecular weight is 383 g/mol. The van der Waals surface area contributed by atoms with E-state index >= 15 is 0 Å². The van der Waals surface area contributed by atoms with Gasteiger partial charge in [0.1, 0.15) is 0 Å². The van der Waals surface area contributed by atoms with Crippen molar-refractivity contribution < 1.29 is 19.1 Å². The molecule has 1 amide bonds. The zero-order valence-corrected chi connectivity index (χ0v) is 15.6. The predicted molar refractivity (Wildman–Crippen MR) is 102 cm³/mol. The number of anilines is 2. The fraction of sp³-hybridized carbons (Fsp3) is 0.368. The lowest BCUT2D eigenvalue weighted by Gasteiger charge is -2.34. The molecule has 0 spiro atoms. The number of Topliss-reactive ketones (excluding diaryl/α,β-unsaturated/α-hetero) is 1. The molecule has 0 radical (unpaired) electrons. The second-order valence-corrected chi connectivity index (χ2v) is 6.67. The van der Waals surface area contributed by atoms with Crippen molar-refractivity contribution in [2.75, 3.05) is 49.7 Å². The summed E-state index contributed by atoms with van der Waals surface area (Å²) in [6, 6.07) is 5.04. The zero-order chi connectivity index (χ0) is 19.5. The van der Waals surface area contributed by atoms with Crippen LogP contribution in [0.25, 0.3) is 0 Å². The van der Waals surface area contributed by atoms with Crippen LogP contribution in [0.5, 0.6) is 11.5 Å². The number of nitrogens with one attached hydrogen (secondary N) is 1. The summed E-state index contributed by atoms with van der Waals surface area (Å²) >= 11 is 0. The second kappa shape index (κ2) is 7.81. The van der Waals surface area contributed by atoms with Crippen LogP contribution in [0, 0.1) is 0 Å². The van der Waals surface area contributed by atoms with Crippen LogP contribution in [0.2, 0.25) is 0 Å². The number of aromatic nitrogens is 2. The molecule has 28 heavy (non-hydrogen) atoms. The van der Waals surface area contributed by atoms with Crippen molar-refractivity contribution in [3.8, 4) is 11.5 Å². The van der Waals surface area contributed by atoms with Gasteiger partial charge in [0.15, 0.2) is 17.3 Å². The van der Waals surface area contributed by atoms with Gasteiger partial charge in [-0.2, -0.15) is 0 Å². The number of nitrogens with zero attached hydrogens (tertiary/aromatic N) is 4. The van der Waals surface area contributed by atoms with E-state index in [1.807, 2.05) is 0 Å². The average Bonchev–Trinajstić information content (AvgIpc) is 3.16. The molecule has 1 aromatic carbocycles. The van der Waals surface area contributed by atoms with E-state index in [4.69, 9.17) is 9.47 Å². The Morgan fingerprint density at radius 1 is 1.07 bits per heavy atom. The summed E-state index contributed by atoms with van der Waals surface area (Å²) in [5.41, 5.74) is 0.849. The number of carbonyl (C=O) groups excluding carboxylic acids is 2. The largest absolute Gasteiger partial charge is 0.454 e. The van der Waals surface area contributed by atoms with Crippen molar-refractivity contribution in [3.05, 3.63) is 36.2 Å². The summed E-state index contributed by atoms with van der Waals surface area (Å²) in [6.45, 7) is 4.77. The molecule has 9 heteroatoms. The number of fused-ring (bicyclic) bond motifs is 1. The maximum absolute atomic E-state index is 12.5. The van der Waals surface area contributed by atoms with Gasteiger partial charge in [-0.15, -0.1) is 0 Å². The molecule has 0 aliphatic carbocycles. The minimum atomic E-state index is -0.175. The maximum atomic E-state index is 12.5. The Morgan fingerprint density at radius 2 is 1.75 bits per heavy atom. The van der Waals surface area contributed by atoms with Crippen molar-refractivity contribution in [1.29, 1.82) is 0 Å². The summed E-state index contributed by atoms with van der Waals surface area (Å²) in [7, 11) is 0. The number of amides is 1. The first kappa shape index (κ1) is 18.2. The van der Waals surface area contributed by atoms with Gasteiger partial charge in [-0.25, -0.2) is 9.97 Å². The van der Waals surface area contributed by atoms with Crippen LogP contribution in [0.4, 0.5) is 11.6 Å². The van der Waals surface area contributed by atoms with Crippen LogP contribution in [0.15, 0.2) is 30.6 Å². The second-order valence-electron chi connectivity index (χ2n) is 6.67. The summed E-state index contributed by atoms with van der Waals surface area (Å²) in [4.78, 5) is 37.2. The molecule has 1 N–H and O–H groups in total. The van der Waals surface area contributed by atoms with E-state index in [0.29, 0.717) is 28.7 Å². The van der Waals surface area contributed by atoms with Gasteiger partial charge >= 0.3 is 0 Å². The van der Waals surface area contributed by atoms with Gasteiger partial charge in [-0.1, -0.05) is 0 Å². The van der Waals surface area contributed by atoms with Crippen LogP contribution in [0.3, 0.4) is 0 Å². The number of piperazine rings is 1. The minimum absolute atomic E-state index is 0.111. The Labute approximate surface area is 162 Å². The Kier molecular flexibility index (Phi) is 5.07. The Hall–Kier alpha value is -3.20. The molecule has 2 aromatic rings. The minimum Gasteiger partial charge on any atom is -0.454 e. The van der Waals surface area contributed by atoms with E-state index in [1.54, 1.807) is 30.6 Å². The normalized spacial score (nSPS) is 16.1. The number of benzene rings is 1. The van der Waals surface area contributed by atoms with Gasteiger partial charge in [-0.3, -0.25) is 14.5 Å². The molecule has 0 saturated carbocycles. The summed E-state index contributed by atoms with van der Waals surface area (Å²) < 4.78 is 10.7. The van der Waals surface area contributed by atoms with Gasteiger partial charge < -0.3 is 19.7 Å². The number of ketones is 1. The number of rotatable bonds is 5. The first-order valence-corrected chi connectivity index (χ1v) is 9.09. The van der Waals surface area contributed by atoms with Gasteiger partial charge in [0.25, 0.3) is 0 Å². The quantitative estimate of drug-likeness (QED) is 0.769. The number of hydrogen-bond acceptors (Lipinski definition) is 8. The fourth-order valence-corrected chi connectivity index (χ4v) is 3.29. The fourth-order valence-electron chi connectivity index (χ4n) is 3.29. The highest BCUT2D eigenvalue weighted by molar-refractivity contribution is 6.05. The van der Waals surface area contributed by atoms with Crippen molar-refractivity contribution in [2.45, 2.75) is 6.92 Å². The van der Waals surface area contributed by atoms with Crippen LogP contribution in [-0.4, -0.2) is 66.1 Å². The molecular formula is C19H21N5O4. The lowest BCUT2D eigenvalue weighted by Crippen LogP contribution is -2.49. The van der Waals surface area contributed by atoms with Crippen LogP contribution < -0.4 is 19.7 Å². The number of carbonyl (C=O) groups is 2. The predicted octanol–water partition coefficient (Wildman–Crippen LogP) is 1.17. The molecule has 3 heterocycles. The van der Waals surface area contributed by atoms with Gasteiger partial charge in [0.05, 0.1) is 12.2 Å². The molecule has 0 unspecified atom stereocenters. The maximum Gasteiger partial charge on any atom is 0.238 e. The SMILES string of the molecule is CC(=O)c1cc2c(cc1NC(=O)CN1CCN(c3ncccn3)CC1)OCO2. The number of ether oxygens (including phenoxy) is 2. The third-order valence-corrected chi connectivity index (χ3v) is 4.74. The van der Waals surface area contributed by atoms with Crippen molar-refractivity contribution in [2.24, 2.45) is 0 Å². The third-order valence-electron chi connectivity index (χ3n) is 4.74. The highest BCUT2D eigenvalue weighted by atomic mass is 16.7. The summed E-state index contributed by atoms with van der Waals surface area (Å²) in [6.07, 6.45) is 3.44. The molecule has 1 fully saturated rings. The van der Waals surface area contributed by atoms with Crippen molar-refractivity contribution in [1.82, 2.24) is 14.9 Å². The Balaban J connectivity index is 1.36. The standard InChI is InChI=1S/C19H21N5O4/c1-13(25)14-9-16-17(28-12-27-16)10-15(14)22-18(26)11-23-5-7-24(8-6-23)19-20-3-2-4-21-19/h2-4,9-10H,5-8,11-12H2,1H3,(H,22,26). The van der Waals surface area contributed by atoms with Gasteiger partial charge in [-0.05, 0) is 19.1 Å². The molecule has 1 aromatic heterocycles. The lowest BCUT2D eigenvalue weighted by atomic mass is 10.1. The number of hydrogen-bond donors (Lipinski definition) is 1. The molecule has 1 saturated heterocycles. The van der Waals surface area contributed by atoms with E-state index < -0.39 is 0 Å². The van der Waals surface area contributed by atoms with E-state index in [9.17, 15) is 9.59 Å². The Bertz CT molecular complexity index is 881. The van der Waals surface area contributed by atoms with Gasteiger partial charge in [0, 0.05) is 50.2 Å². The molecule has 0 bridgehead atoms. The van der Waals surface area contributed by atoms with Crippen molar-refractivity contribution in [3.63, 3.8) is 0 Å². The molecular weight excluding hydrogens is 362 g/mol. The van der Waals surface area contributed by atoms with E-state index in [0.717, 1.165) is 26.2 Å². The summed E-state index contributed by atoms with van der Waals surface area (Å²) in [5.74, 6) is 1.42. The first-order chi connectivity index (χ1) is 13.6. The third kappa shape index (κ3) is 3.89. The van der Waals surface area contributed by atoms with Crippen LogP contribution in [-0.2, 0) is 4.79 Å². The molecule has 0 atom stereocenters.